The third-order valence-corrected chi connectivity index (χ3v) is 2.96. The topological polar surface area (TPSA) is 47.3 Å². The van der Waals surface area contributed by atoms with Crippen LogP contribution in [0.25, 0.3) is 0 Å². The Morgan fingerprint density at radius 1 is 1.50 bits per heavy atom. The molecule has 92 valence electrons. The molecule has 1 aromatic heterocycles. The lowest BCUT2D eigenvalue weighted by atomic mass is 9.94. The molecule has 4 heteroatoms. The van der Waals surface area contributed by atoms with Crippen molar-refractivity contribution in [3.05, 3.63) is 18.0 Å². The fourth-order valence-corrected chi connectivity index (χ4v) is 1.52. The van der Waals surface area contributed by atoms with Crippen LogP contribution in [0.3, 0.4) is 0 Å². The van der Waals surface area contributed by atoms with Gasteiger partial charge in [0, 0.05) is 25.8 Å². The summed E-state index contributed by atoms with van der Waals surface area (Å²) < 4.78 is 7.05. The van der Waals surface area contributed by atoms with Crippen LogP contribution in [0.5, 0.6) is 0 Å². The normalized spacial score (nSPS) is 17.4. The van der Waals surface area contributed by atoms with Gasteiger partial charge in [-0.2, -0.15) is 5.10 Å². The third-order valence-electron chi connectivity index (χ3n) is 2.96. The minimum absolute atomic E-state index is 0.211. The average Bonchev–Trinajstić information content (AvgIpc) is 2.64. The second-order valence-electron chi connectivity index (χ2n) is 4.79. The predicted octanol–water partition coefficient (Wildman–Crippen LogP) is 1.79. The van der Waals surface area contributed by atoms with E-state index in [2.05, 4.69) is 18.9 Å². The van der Waals surface area contributed by atoms with Gasteiger partial charge in [-0.3, -0.25) is 4.68 Å². The molecule has 0 aromatic carbocycles. The first-order valence-electron chi connectivity index (χ1n) is 5.66. The van der Waals surface area contributed by atoms with Gasteiger partial charge in [0.25, 0.3) is 0 Å². The molecular formula is C12H22N2O2. The monoisotopic (exact) mass is 226 g/mol. The van der Waals surface area contributed by atoms with E-state index in [1.54, 1.807) is 14.0 Å². The van der Waals surface area contributed by atoms with Crippen LogP contribution in [0.1, 0.15) is 39.4 Å². The first-order valence-corrected chi connectivity index (χ1v) is 5.66. The van der Waals surface area contributed by atoms with E-state index >= 15 is 0 Å². The Hall–Kier alpha value is -0.870. The first-order chi connectivity index (χ1) is 7.36. The molecule has 4 nitrogen and oxygen atoms in total. The maximum absolute atomic E-state index is 10.2. The fraction of sp³-hybridized carbons (Fsp3) is 0.750. The summed E-state index contributed by atoms with van der Waals surface area (Å²) in [6, 6.07) is 2.29. The van der Waals surface area contributed by atoms with Crippen molar-refractivity contribution in [3.63, 3.8) is 0 Å². The van der Waals surface area contributed by atoms with Gasteiger partial charge in [0.05, 0.1) is 17.4 Å². The molecule has 2 atom stereocenters. The second-order valence-corrected chi connectivity index (χ2v) is 4.79. The highest BCUT2D eigenvalue weighted by Crippen LogP contribution is 2.18. The highest BCUT2D eigenvalue weighted by molar-refractivity contribution is 5.05. The number of aliphatic hydroxyl groups is 1. The van der Waals surface area contributed by atoms with Gasteiger partial charge >= 0.3 is 0 Å². The van der Waals surface area contributed by atoms with Gasteiger partial charge in [0.15, 0.2) is 0 Å². The molecule has 0 saturated heterocycles. The van der Waals surface area contributed by atoms with Crippen molar-refractivity contribution in [1.29, 1.82) is 0 Å². The summed E-state index contributed by atoms with van der Waals surface area (Å²) in [7, 11) is 1.60. The molecule has 2 unspecified atom stereocenters. The van der Waals surface area contributed by atoms with Crippen molar-refractivity contribution < 1.29 is 9.84 Å². The molecule has 0 bridgehead atoms. The molecule has 0 spiro atoms. The minimum Gasteiger partial charge on any atom is -0.387 e. The molecule has 0 saturated carbocycles. The maximum Gasteiger partial charge on any atom is 0.0933 e. The van der Waals surface area contributed by atoms with Crippen molar-refractivity contribution in [3.8, 4) is 0 Å². The van der Waals surface area contributed by atoms with Crippen LogP contribution in [0.2, 0.25) is 0 Å². The lowest BCUT2D eigenvalue weighted by Crippen LogP contribution is -2.40. The van der Waals surface area contributed by atoms with Gasteiger partial charge in [0.2, 0.25) is 0 Å². The summed E-state index contributed by atoms with van der Waals surface area (Å²) >= 11 is 0. The van der Waals surface area contributed by atoms with E-state index in [0.717, 1.165) is 5.69 Å². The van der Waals surface area contributed by atoms with Crippen molar-refractivity contribution in [2.24, 2.45) is 0 Å². The molecule has 1 heterocycles. The summed E-state index contributed by atoms with van der Waals surface area (Å²) in [6.07, 6.45) is 2.23. The van der Waals surface area contributed by atoms with Crippen molar-refractivity contribution in [2.75, 3.05) is 7.11 Å². The highest BCUT2D eigenvalue weighted by Gasteiger charge is 2.29. The molecular weight excluding hydrogens is 204 g/mol. The Morgan fingerprint density at radius 2 is 2.12 bits per heavy atom. The van der Waals surface area contributed by atoms with Crippen LogP contribution in [0.15, 0.2) is 12.3 Å². The lowest BCUT2D eigenvalue weighted by Gasteiger charge is -2.28. The number of rotatable bonds is 5. The summed E-state index contributed by atoms with van der Waals surface area (Å²) in [6.45, 7) is 7.79. The van der Waals surface area contributed by atoms with Gasteiger partial charge < -0.3 is 9.84 Å². The number of nitrogens with zero attached hydrogens (tertiary/aromatic N) is 2. The molecule has 16 heavy (non-hydrogen) atoms. The standard InChI is InChI=1S/C12H22N2O2/c1-9(2)14-7-6-11(13-14)8-12(4,15)10(3)16-5/h6-7,9-10,15H,8H2,1-5H3. The molecule has 0 aliphatic heterocycles. The Balaban J connectivity index is 2.72. The molecule has 1 aromatic rings. The van der Waals surface area contributed by atoms with E-state index < -0.39 is 5.60 Å². The van der Waals surface area contributed by atoms with E-state index in [1.807, 2.05) is 23.9 Å². The van der Waals surface area contributed by atoms with Gasteiger partial charge in [-0.25, -0.2) is 0 Å². The number of aromatic nitrogens is 2. The minimum atomic E-state index is -0.884. The first kappa shape index (κ1) is 13.2. The average molecular weight is 226 g/mol. The summed E-state index contributed by atoms with van der Waals surface area (Å²) in [5.41, 5.74) is 0.00728. The number of hydrogen-bond donors (Lipinski definition) is 1. The van der Waals surface area contributed by atoms with E-state index in [0.29, 0.717) is 12.5 Å². The molecule has 0 radical (unpaired) electrons. The fourth-order valence-electron chi connectivity index (χ4n) is 1.52. The zero-order valence-corrected chi connectivity index (χ0v) is 10.8. The smallest absolute Gasteiger partial charge is 0.0933 e. The van der Waals surface area contributed by atoms with E-state index in [-0.39, 0.29) is 6.10 Å². The largest absolute Gasteiger partial charge is 0.387 e. The molecule has 0 aliphatic rings. The van der Waals surface area contributed by atoms with Crippen LogP contribution in [0.4, 0.5) is 0 Å². The van der Waals surface area contributed by atoms with Gasteiger partial charge in [0.1, 0.15) is 0 Å². The van der Waals surface area contributed by atoms with E-state index in [4.69, 9.17) is 4.74 Å². The van der Waals surface area contributed by atoms with Crippen LogP contribution in [-0.4, -0.2) is 33.7 Å². The van der Waals surface area contributed by atoms with Crippen molar-refractivity contribution >= 4 is 0 Å². The Bertz CT molecular complexity index is 332. The van der Waals surface area contributed by atoms with E-state index in [9.17, 15) is 5.11 Å². The lowest BCUT2D eigenvalue weighted by molar-refractivity contribution is -0.0721. The van der Waals surface area contributed by atoms with E-state index in [1.165, 1.54) is 0 Å². The number of hydrogen-bond acceptors (Lipinski definition) is 3. The second kappa shape index (κ2) is 4.97. The molecule has 0 aliphatic carbocycles. The van der Waals surface area contributed by atoms with Crippen molar-refractivity contribution in [2.45, 2.75) is 51.9 Å². The predicted molar refractivity (Wildman–Crippen MR) is 63.4 cm³/mol. The SMILES string of the molecule is COC(C)C(C)(O)Cc1ccn(C(C)C)n1. The quantitative estimate of drug-likeness (QED) is 0.832. The highest BCUT2D eigenvalue weighted by atomic mass is 16.5. The zero-order chi connectivity index (χ0) is 12.3. The van der Waals surface area contributed by atoms with Gasteiger partial charge in [-0.05, 0) is 33.8 Å². The molecule has 0 amide bonds. The van der Waals surface area contributed by atoms with Crippen LogP contribution in [-0.2, 0) is 11.2 Å². The Kier molecular flexibility index (Phi) is 4.10. The Morgan fingerprint density at radius 3 is 2.56 bits per heavy atom. The maximum atomic E-state index is 10.2. The third kappa shape index (κ3) is 3.06. The number of ether oxygens (including phenoxy) is 1. The van der Waals surface area contributed by atoms with Gasteiger partial charge in [-0.15, -0.1) is 0 Å². The van der Waals surface area contributed by atoms with Crippen LogP contribution in [0, 0.1) is 0 Å². The zero-order valence-electron chi connectivity index (χ0n) is 10.8. The molecule has 1 rings (SSSR count). The summed E-state index contributed by atoms with van der Waals surface area (Å²) in [5.74, 6) is 0. The summed E-state index contributed by atoms with van der Waals surface area (Å²) in [4.78, 5) is 0. The summed E-state index contributed by atoms with van der Waals surface area (Å²) in [5, 5.41) is 14.6. The van der Waals surface area contributed by atoms with Gasteiger partial charge in [-0.1, -0.05) is 0 Å². The Labute approximate surface area is 97.2 Å². The van der Waals surface area contributed by atoms with Crippen LogP contribution < -0.4 is 0 Å². The molecule has 0 fully saturated rings. The van der Waals surface area contributed by atoms with Crippen molar-refractivity contribution in [1.82, 2.24) is 9.78 Å². The molecule has 1 N–H and O–H groups in total. The van der Waals surface area contributed by atoms with Crippen LogP contribution >= 0.6 is 0 Å². The number of methoxy groups -OCH3 is 1.